The number of ether oxygens (including phenoxy) is 3. The first-order chi connectivity index (χ1) is 13.4. The molecule has 0 bridgehead atoms. The minimum absolute atomic E-state index is 0.126. The van der Waals surface area contributed by atoms with Crippen molar-refractivity contribution in [2.75, 3.05) is 40.0 Å². The van der Waals surface area contributed by atoms with Gasteiger partial charge in [0, 0.05) is 25.1 Å². The van der Waals surface area contributed by atoms with E-state index in [0.717, 1.165) is 5.56 Å². The van der Waals surface area contributed by atoms with Gasteiger partial charge in [-0.1, -0.05) is 12.1 Å². The first-order valence-corrected chi connectivity index (χ1v) is 12.1. The number of nitrogens with zero attached hydrogens (tertiary/aromatic N) is 1. The molecule has 1 aromatic carbocycles. The summed E-state index contributed by atoms with van der Waals surface area (Å²) < 4.78 is 39.2. The number of benzene rings is 1. The zero-order chi connectivity index (χ0) is 21.7. The topological polar surface area (TPSA) is 166 Å². The van der Waals surface area contributed by atoms with Crippen molar-refractivity contribution in [1.82, 2.24) is 4.90 Å². The van der Waals surface area contributed by atoms with E-state index < -0.39 is 33.0 Å². The molecule has 13 heteroatoms. The first kappa shape index (κ1) is 24.4. The normalized spacial score (nSPS) is 16.5. The lowest BCUT2D eigenvalue weighted by atomic mass is 10.2. The zero-order valence-corrected chi connectivity index (χ0v) is 17.7. The molecule has 1 aromatic rings. The molecule has 166 valence electrons. The third kappa shape index (κ3) is 6.57. The molecule has 0 aromatic heterocycles. The van der Waals surface area contributed by atoms with Crippen molar-refractivity contribution in [1.29, 1.82) is 0 Å². The monoisotopic (exact) mass is 455 g/mol. The number of aliphatic hydroxyl groups is 1. The fraction of sp³-hybridized carbons (Fsp3) is 0.625. The van der Waals surface area contributed by atoms with E-state index in [1.807, 2.05) is 18.2 Å². The highest BCUT2D eigenvalue weighted by atomic mass is 31.2. The Hall–Kier alpha value is -0.840. The molecule has 2 rings (SSSR count). The predicted octanol–water partition coefficient (Wildman–Crippen LogP) is 0.824. The molecule has 1 saturated heterocycles. The van der Waals surface area contributed by atoms with Crippen LogP contribution in [0.15, 0.2) is 24.3 Å². The Labute approximate surface area is 168 Å². The van der Waals surface area contributed by atoms with Gasteiger partial charge in [-0.3, -0.25) is 9.13 Å². The average molecular weight is 455 g/mol. The van der Waals surface area contributed by atoms with Gasteiger partial charge in [-0.15, -0.1) is 0 Å². The number of hydrogen-bond donors (Lipinski definition) is 5. The lowest BCUT2D eigenvalue weighted by Crippen LogP contribution is -2.34. The van der Waals surface area contributed by atoms with Gasteiger partial charge in [0.25, 0.3) is 5.08 Å². The lowest BCUT2D eigenvalue weighted by Gasteiger charge is -2.30. The maximum absolute atomic E-state index is 11.3. The molecule has 1 aliphatic heterocycles. The van der Waals surface area contributed by atoms with Gasteiger partial charge >= 0.3 is 15.2 Å². The van der Waals surface area contributed by atoms with Crippen LogP contribution in [0.1, 0.15) is 24.7 Å². The number of rotatable bonds is 11. The van der Waals surface area contributed by atoms with Gasteiger partial charge in [-0.05, 0) is 25.6 Å². The Balaban J connectivity index is 1.77. The van der Waals surface area contributed by atoms with E-state index in [1.165, 1.54) is 0 Å². The van der Waals surface area contributed by atoms with Crippen molar-refractivity contribution in [2.45, 2.75) is 24.2 Å². The summed E-state index contributed by atoms with van der Waals surface area (Å²) in [5, 5.41) is 6.48. The van der Waals surface area contributed by atoms with E-state index in [4.69, 9.17) is 33.8 Å². The summed E-state index contributed by atoms with van der Waals surface area (Å²) in [7, 11) is -9.25. The summed E-state index contributed by atoms with van der Waals surface area (Å²) in [6, 6.07) is 7.31. The largest absolute Gasteiger partial charge is 0.494 e. The Kier molecular flexibility index (Phi) is 8.41. The molecule has 1 fully saturated rings. The Bertz CT molecular complexity index is 736. The third-order valence-electron chi connectivity index (χ3n) is 4.47. The number of hydrogen-bond acceptors (Lipinski definition) is 7. The average Bonchev–Trinajstić information content (AvgIpc) is 3.16. The minimum Gasteiger partial charge on any atom is -0.494 e. The fourth-order valence-corrected chi connectivity index (χ4v) is 4.88. The molecule has 0 amide bonds. The summed E-state index contributed by atoms with van der Waals surface area (Å²) in [6.07, 6.45) is -0.629. The second-order valence-electron chi connectivity index (χ2n) is 6.76. The van der Waals surface area contributed by atoms with Crippen LogP contribution in [0.5, 0.6) is 5.75 Å². The maximum Gasteiger partial charge on any atom is 0.369 e. The van der Waals surface area contributed by atoms with E-state index >= 15 is 0 Å². The highest BCUT2D eigenvalue weighted by Gasteiger charge is 2.58. The van der Waals surface area contributed by atoms with E-state index in [-0.39, 0.29) is 6.54 Å². The minimum atomic E-state index is -5.43. The molecule has 0 spiro atoms. The highest BCUT2D eigenvalue weighted by molar-refractivity contribution is 7.72. The van der Waals surface area contributed by atoms with Crippen molar-refractivity contribution in [3.05, 3.63) is 29.8 Å². The van der Waals surface area contributed by atoms with Gasteiger partial charge < -0.3 is 43.8 Å². The zero-order valence-electron chi connectivity index (χ0n) is 16.0. The van der Waals surface area contributed by atoms with Gasteiger partial charge in [-0.25, -0.2) is 0 Å². The molecular weight excluding hydrogens is 428 g/mol. The van der Waals surface area contributed by atoms with Crippen LogP contribution < -0.4 is 4.74 Å². The maximum atomic E-state index is 11.3. The van der Waals surface area contributed by atoms with Crippen LogP contribution >= 0.6 is 15.2 Å². The third-order valence-corrected chi connectivity index (χ3v) is 8.34. The van der Waals surface area contributed by atoms with Crippen LogP contribution in [-0.4, -0.2) is 74.6 Å². The molecule has 29 heavy (non-hydrogen) atoms. The van der Waals surface area contributed by atoms with Crippen LogP contribution in [-0.2, 0) is 18.6 Å². The molecule has 0 atom stereocenters. The van der Waals surface area contributed by atoms with Crippen molar-refractivity contribution in [3.8, 4) is 5.75 Å². The second-order valence-corrected chi connectivity index (χ2v) is 10.8. The molecule has 0 aliphatic carbocycles. The van der Waals surface area contributed by atoms with Gasteiger partial charge in [0.05, 0.1) is 19.8 Å². The van der Waals surface area contributed by atoms with Crippen LogP contribution in [0.25, 0.3) is 0 Å². The van der Waals surface area contributed by atoms with E-state index in [2.05, 4.69) is 0 Å². The van der Waals surface area contributed by atoms with Crippen molar-refractivity contribution in [3.63, 3.8) is 0 Å². The fourth-order valence-electron chi connectivity index (χ4n) is 2.74. The summed E-state index contributed by atoms with van der Waals surface area (Å²) >= 11 is 0. The van der Waals surface area contributed by atoms with Crippen molar-refractivity contribution >= 4 is 15.2 Å². The second kappa shape index (κ2) is 9.98. The van der Waals surface area contributed by atoms with Gasteiger partial charge in [0.2, 0.25) is 0 Å². The van der Waals surface area contributed by atoms with Crippen LogP contribution in [0.2, 0.25) is 0 Å². The van der Waals surface area contributed by atoms with Crippen LogP contribution in [0.4, 0.5) is 0 Å². The van der Waals surface area contributed by atoms with Gasteiger partial charge in [0.15, 0.2) is 6.29 Å². The molecule has 0 radical (unpaired) electrons. The standard InChI is InChI=1S/C16H27NO10P2/c1-17(8-6-16(18,28(19,20)21)29(22,23)24)7-3-9-25-14-5-2-4-13(12-14)15-26-10-11-27-15/h2,4-5,12,15,18H,3,6-11H2,1H3,(H2,19,20,21)(H2,22,23,24). The Morgan fingerprint density at radius 3 is 2.34 bits per heavy atom. The van der Waals surface area contributed by atoms with Crippen molar-refractivity contribution in [2.24, 2.45) is 0 Å². The summed E-state index contributed by atoms with van der Waals surface area (Å²) in [5.41, 5.74) is 0.853. The smallest absolute Gasteiger partial charge is 0.369 e. The lowest BCUT2D eigenvalue weighted by molar-refractivity contribution is -0.0442. The van der Waals surface area contributed by atoms with Crippen molar-refractivity contribution < 1.29 is 48.0 Å². The molecule has 1 heterocycles. The highest BCUT2D eigenvalue weighted by Crippen LogP contribution is 2.68. The van der Waals surface area contributed by atoms with E-state index in [9.17, 15) is 14.2 Å². The first-order valence-electron chi connectivity index (χ1n) is 8.92. The molecule has 11 nitrogen and oxygen atoms in total. The van der Waals surface area contributed by atoms with Gasteiger partial charge in [-0.2, -0.15) is 0 Å². The summed E-state index contributed by atoms with van der Waals surface area (Å²) in [6.45, 7) is 1.73. The van der Waals surface area contributed by atoms with Crippen LogP contribution in [0.3, 0.4) is 0 Å². The van der Waals surface area contributed by atoms with E-state index in [1.54, 1.807) is 18.0 Å². The Morgan fingerprint density at radius 2 is 1.76 bits per heavy atom. The summed E-state index contributed by atoms with van der Waals surface area (Å²) in [5.74, 6) is 0.640. The molecule has 1 aliphatic rings. The van der Waals surface area contributed by atoms with E-state index in [0.29, 0.717) is 38.5 Å². The molecular formula is C16H27NO10P2. The van der Waals surface area contributed by atoms with Gasteiger partial charge in [0.1, 0.15) is 5.75 Å². The predicted molar refractivity (Wildman–Crippen MR) is 102 cm³/mol. The van der Waals surface area contributed by atoms with Crippen LogP contribution in [0, 0.1) is 0 Å². The quantitative estimate of drug-likeness (QED) is 0.237. The molecule has 0 unspecified atom stereocenters. The summed E-state index contributed by atoms with van der Waals surface area (Å²) in [4.78, 5) is 38.1. The SMILES string of the molecule is CN(CCCOc1cccc(C2OCCO2)c1)CCC(O)(P(=O)(O)O)P(=O)(O)O. The Morgan fingerprint density at radius 1 is 1.14 bits per heavy atom. The molecule has 5 N–H and O–H groups in total. The molecule has 0 saturated carbocycles.